The predicted octanol–water partition coefficient (Wildman–Crippen LogP) is 2.66. The van der Waals surface area contributed by atoms with Crippen molar-refractivity contribution in [2.75, 3.05) is 0 Å². The van der Waals surface area contributed by atoms with Gasteiger partial charge in [-0.3, -0.25) is 19.6 Å². The molecular formula is C15H16FN3O4. The Labute approximate surface area is 131 Å². The van der Waals surface area contributed by atoms with E-state index in [1.165, 1.54) is 19.1 Å². The first-order chi connectivity index (χ1) is 10.8. The van der Waals surface area contributed by atoms with Gasteiger partial charge in [0.25, 0.3) is 5.69 Å². The molecule has 7 nitrogen and oxygen atoms in total. The van der Waals surface area contributed by atoms with Crippen molar-refractivity contribution in [3.8, 4) is 0 Å². The minimum atomic E-state index is -0.659. The first-order valence-electron chi connectivity index (χ1n) is 6.88. The fourth-order valence-corrected chi connectivity index (χ4v) is 2.21. The van der Waals surface area contributed by atoms with Gasteiger partial charge in [0, 0.05) is 29.8 Å². The molecule has 0 aliphatic rings. The standard InChI is InChI=1S/C15H16FN3O4/c1-9-14(8-23-11(3)20)10(2)18(17-9)7-12-4-5-13(19(21)22)6-15(12)16/h4-6H,7-8H2,1-3H3. The van der Waals surface area contributed by atoms with E-state index in [1.807, 2.05) is 0 Å². The first-order valence-corrected chi connectivity index (χ1v) is 6.88. The van der Waals surface area contributed by atoms with Gasteiger partial charge in [-0.1, -0.05) is 0 Å². The molecule has 122 valence electrons. The monoisotopic (exact) mass is 321 g/mol. The van der Waals surface area contributed by atoms with Crippen molar-refractivity contribution in [3.63, 3.8) is 0 Å². The lowest BCUT2D eigenvalue weighted by atomic mass is 10.2. The zero-order valence-electron chi connectivity index (χ0n) is 13.0. The molecule has 0 fully saturated rings. The van der Waals surface area contributed by atoms with Gasteiger partial charge in [-0.15, -0.1) is 0 Å². The van der Waals surface area contributed by atoms with E-state index in [9.17, 15) is 19.3 Å². The average Bonchev–Trinajstić information content (AvgIpc) is 2.73. The van der Waals surface area contributed by atoms with E-state index >= 15 is 0 Å². The van der Waals surface area contributed by atoms with Gasteiger partial charge in [0.2, 0.25) is 0 Å². The number of carbonyl (C=O) groups excluding carboxylic acids is 1. The molecule has 0 spiro atoms. The van der Waals surface area contributed by atoms with Crippen LogP contribution in [0, 0.1) is 29.8 Å². The number of nitrogens with zero attached hydrogens (tertiary/aromatic N) is 3. The number of aryl methyl sites for hydroxylation is 1. The molecule has 1 heterocycles. The number of nitro benzene ring substituents is 1. The number of hydrogen-bond donors (Lipinski definition) is 0. The molecule has 2 aromatic rings. The minimum absolute atomic E-state index is 0.107. The van der Waals surface area contributed by atoms with Crippen molar-refractivity contribution in [2.45, 2.75) is 33.9 Å². The lowest BCUT2D eigenvalue weighted by Crippen LogP contribution is -2.07. The van der Waals surface area contributed by atoms with E-state index in [2.05, 4.69) is 5.10 Å². The number of carbonyl (C=O) groups is 1. The summed E-state index contributed by atoms with van der Waals surface area (Å²) in [6.45, 7) is 5.13. The Bertz CT molecular complexity index is 770. The molecule has 0 N–H and O–H groups in total. The maximum absolute atomic E-state index is 14.0. The highest BCUT2D eigenvalue weighted by Gasteiger charge is 2.16. The second kappa shape index (κ2) is 6.55. The zero-order valence-corrected chi connectivity index (χ0v) is 13.0. The van der Waals surface area contributed by atoms with Crippen LogP contribution in [0.25, 0.3) is 0 Å². The lowest BCUT2D eigenvalue weighted by Gasteiger charge is -2.07. The molecule has 0 amide bonds. The SMILES string of the molecule is CC(=O)OCc1c(C)nn(Cc2ccc([N+](=O)[O-])cc2F)c1C. The number of hydrogen-bond acceptors (Lipinski definition) is 5. The maximum Gasteiger partial charge on any atom is 0.302 e. The number of esters is 1. The van der Waals surface area contributed by atoms with E-state index in [0.717, 1.165) is 17.3 Å². The molecule has 0 aliphatic carbocycles. The maximum atomic E-state index is 14.0. The summed E-state index contributed by atoms with van der Waals surface area (Å²) < 4.78 is 20.5. The summed E-state index contributed by atoms with van der Waals surface area (Å²) in [7, 11) is 0. The number of nitro groups is 1. The van der Waals surface area contributed by atoms with Crippen molar-refractivity contribution in [3.05, 3.63) is 56.6 Å². The largest absolute Gasteiger partial charge is 0.461 e. The number of halogens is 1. The zero-order chi connectivity index (χ0) is 17.1. The summed E-state index contributed by atoms with van der Waals surface area (Å²) in [6, 6.07) is 3.51. The Hall–Kier alpha value is -2.77. The number of aromatic nitrogens is 2. The molecule has 1 aromatic heterocycles. The van der Waals surface area contributed by atoms with Gasteiger partial charge in [-0.25, -0.2) is 4.39 Å². The number of benzene rings is 1. The number of rotatable bonds is 5. The molecule has 23 heavy (non-hydrogen) atoms. The van der Waals surface area contributed by atoms with Gasteiger partial charge >= 0.3 is 5.97 Å². The fourth-order valence-electron chi connectivity index (χ4n) is 2.21. The summed E-state index contributed by atoms with van der Waals surface area (Å²) in [5.41, 5.74) is 2.20. The van der Waals surface area contributed by atoms with Crippen LogP contribution in [-0.2, 0) is 22.7 Å². The minimum Gasteiger partial charge on any atom is -0.461 e. The van der Waals surface area contributed by atoms with Crippen LogP contribution in [0.1, 0.15) is 29.4 Å². The van der Waals surface area contributed by atoms with Crippen molar-refractivity contribution >= 4 is 11.7 Å². The summed E-state index contributed by atoms with van der Waals surface area (Å²) in [5.74, 6) is -1.05. The summed E-state index contributed by atoms with van der Waals surface area (Å²) in [5, 5.41) is 14.9. The van der Waals surface area contributed by atoms with Gasteiger partial charge in [0.05, 0.1) is 23.2 Å². The number of ether oxygens (including phenoxy) is 1. The summed E-state index contributed by atoms with van der Waals surface area (Å²) >= 11 is 0. The smallest absolute Gasteiger partial charge is 0.302 e. The number of non-ortho nitro benzene ring substituents is 1. The molecule has 0 saturated carbocycles. The third-order valence-corrected chi connectivity index (χ3v) is 3.52. The Morgan fingerprint density at radius 3 is 2.70 bits per heavy atom. The van der Waals surface area contributed by atoms with E-state index in [0.29, 0.717) is 11.3 Å². The molecule has 0 bridgehead atoms. The molecule has 0 aliphatic heterocycles. The van der Waals surface area contributed by atoms with Gasteiger partial charge in [-0.05, 0) is 19.9 Å². The second-order valence-electron chi connectivity index (χ2n) is 5.12. The van der Waals surface area contributed by atoms with Gasteiger partial charge < -0.3 is 4.74 Å². The second-order valence-corrected chi connectivity index (χ2v) is 5.12. The molecule has 0 unspecified atom stereocenters. The highest BCUT2D eigenvalue weighted by atomic mass is 19.1. The van der Waals surface area contributed by atoms with Crippen molar-refractivity contribution < 1.29 is 18.8 Å². The Kier molecular flexibility index (Phi) is 4.73. The highest BCUT2D eigenvalue weighted by molar-refractivity contribution is 5.66. The van der Waals surface area contributed by atoms with Gasteiger partial charge in [0.15, 0.2) is 0 Å². The van der Waals surface area contributed by atoms with E-state index in [4.69, 9.17) is 4.74 Å². The Morgan fingerprint density at radius 1 is 1.43 bits per heavy atom. The molecule has 8 heteroatoms. The van der Waals surface area contributed by atoms with Crippen molar-refractivity contribution in [1.82, 2.24) is 9.78 Å². The quantitative estimate of drug-likeness (QED) is 0.480. The molecule has 0 saturated heterocycles. The molecular weight excluding hydrogens is 305 g/mol. The topological polar surface area (TPSA) is 87.3 Å². The first kappa shape index (κ1) is 16.6. The van der Waals surface area contributed by atoms with Crippen LogP contribution in [0.15, 0.2) is 18.2 Å². The third-order valence-electron chi connectivity index (χ3n) is 3.52. The fraction of sp³-hybridized carbons (Fsp3) is 0.333. The van der Waals surface area contributed by atoms with Crippen LogP contribution in [0.2, 0.25) is 0 Å². The average molecular weight is 321 g/mol. The lowest BCUT2D eigenvalue weighted by molar-refractivity contribution is -0.385. The molecule has 1 aromatic carbocycles. The van der Waals surface area contributed by atoms with E-state index < -0.39 is 16.7 Å². The van der Waals surface area contributed by atoms with Crippen LogP contribution in [0.4, 0.5) is 10.1 Å². The summed E-state index contributed by atoms with van der Waals surface area (Å²) in [4.78, 5) is 20.9. The van der Waals surface area contributed by atoms with Crippen LogP contribution in [-0.4, -0.2) is 20.7 Å². The van der Waals surface area contributed by atoms with Crippen LogP contribution in [0.3, 0.4) is 0 Å². The van der Waals surface area contributed by atoms with Crippen LogP contribution >= 0.6 is 0 Å². The normalized spacial score (nSPS) is 10.6. The van der Waals surface area contributed by atoms with Crippen molar-refractivity contribution in [2.24, 2.45) is 0 Å². The molecule has 2 rings (SSSR count). The van der Waals surface area contributed by atoms with Crippen LogP contribution in [0.5, 0.6) is 0 Å². The third kappa shape index (κ3) is 3.71. The van der Waals surface area contributed by atoms with Crippen LogP contribution < -0.4 is 0 Å². The van der Waals surface area contributed by atoms with E-state index in [-0.39, 0.29) is 18.8 Å². The molecule has 0 atom stereocenters. The molecule has 0 radical (unpaired) electrons. The summed E-state index contributed by atoms with van der Waals surface area (Å²) in [6.07, 6.45) is 0. The van der Waals surface area contributed by atoms with Gasteiger partial charge in [-0.2, -0.15) is 5.10 Å². The van der Waals surface area contributed by atoms with Crippen molar-refractivity contribution in [1.29, 1.82) is 0 Å². The Morgan fingerprint density at radius 2 is 2.13 bits per heavy atom. The Balaban J connectivity index is 2.25. The van der Waals surface area contributed by atoms with Gasteiger partial charge in [0.1, 0.15) is 12.4 Å². The predicted molar refractivity (Wildman–Crippen MR) is 79.3 cm³/mol. The van der Waals surface area contributed by atoms with E-state index in [1.54, 1.807) is 18.5 Å². The highest BCUT2D eigenvalue weighted by Crippen LogP contribution is 2.20.